The van der Waals surface area contributed by atoms with E-state index in [2.05, 4.69) is 6.08 Å². The second-order valence-electron chi connectivity index (χ2n) is 9.17. The average molecular weight is 457 g/mol. The van der Waals surface area contributed by atoms with E-state index in [0.717, 1.165) is 49.7 Å². The summed E-state index contributed by atoms with van der Waals surface area (Å²) in [6.45, 7) is 2.78. The topological polar surface area (TPSA) is 74.2 Å². The minimum Gasteiger partial charge on any atom is -0.507 e. The highest BCUT2D eigenvalue weighted by Gasteiger charge is 2.45. The van der Waals surface area contributed by atoms with E-state index < -0.39 is 6.10 Å². The number of carbonyl (C=O) groups excluding carboxylic acids is 1. The van der Waals surface area contributed by atoms with E-state index in [9.17, 15) is 9.90 Å². The normalized spacial score (nSPS) is 24.0. The van der Waals surface area contributed by atoms with Crippen LogP contribution in [0.15, 0.2) is 53.3 Å². The van der Waals surface area contributed by atoms with Gasteiger partial charge in [0, 0.05) is 31.1 Å². The van der Waals surface area contributed by atoms with Gasteiger partial charge in [-0.1, -0.05) is 36.4 Å². The summed E-state index contributed by atoms with van der Waals surface area (Å²) in [5, 5.41) is 11.4. The molecule has 0 spiro atoms. The molecule has 0 amide bonds. The molecule has 6 nitrogen and oxygen atoms in total. The largest absolute Gasteiger partial charge is 0.507 e. The van der Waals surface area contributed by atoms with Gasteiger partial charge in [0.15, 0.2) is 0 Å². The average Bonchev–Trinajstić information content (AvgIpc) is 3.67. The summed E-state index contributed by atoms with van der Waals surface area (Å²) in [6.07, 6.45) is 7.43. The third-order valence-corrected chi connectivity index (χ3v) is 6.86. The number of aliphatic hydroxyl groups is 1. The molecule has 180 valence electrons. The fraction of sp³-hybridized carbons (Fsp3) is 0.593. The Kier molecular flexibility index (Phi) is 8.59. The number of aliphatic hydroxyl groups excluding tert-OH is 1. The fourth-order valence-corrected chi connectivity index (χ4v) is 5.01. The number of hydrogen-bond acceptors (Lipinski definition) is 6. The molecule has 2 aliphatic carbocycles. The van der Waals surface area contributed by atoms with Crippen LogP contribution >= 0.6 is 0 Å². The van der Waals surface area contributed by atoms with Gasteiger partial charge in [-0.25, -0.2) is 4.79 Å². The first-order chi connectivity index (χ1) is 16.2. The summed E-state index contributed by atoms with van der Waals surface area (Å²) in [5.74, 6) is 0.196. The van der Waals surface area contributed by atoms with Gasteiger partial charge >= 0.3 is 5.97 Å². The molecular formula is C27H36O6. The Labute approximate surface area is 196 Å². The van der Waals surface area contributed by atoms with Crippen LogP contribution in [0.5, 0.6) is 0 Å². The van der Waals surface area contributed by atoms with Crippen LogP contribution in [0.3, 0.4) is 0 Å². The molecule has 1 aromatic rings. The van der Waals surface area contributed by atoms with E-state index in [1.54, 1.807) is 7.11 Å². The number of fused-ring (bicyclic) bond motifs is 1. The molecule has 3 atom stereocenters. The first-order valence-electron chi connectivity index (χ1n) is 12.2. The minimum atomic E-state index is -0.402. The second-order valence-corrected chi connectivity index (χ2v) is 9.17. The molecule has 1 heterocycles. The van der Waals surface area contributed by atoms with Crippen LogP contribution in [-0.2, 0) is 23.7 Å². The predicted molar refractivity (Wildman–Crippen MR) is 125 cm³/mol. The lowest BCUT2D eigenvalue weighted by molar-refractivity contribution is -0.147. The summed E-state index contributed by atoms with van der Waals surface area (Å²) < 4.78 is 22.2. The lowest BCUT2D eigenvalue weighted by atomic mass is 9.81. The SMILES string of the molecule is COCCOCCOCCC1CCCC=C2C(O)=C(C(c3ccccc3)C3CC3)C(=O)OC21. The molecule has 0 saturated heterocycles. The van der Waals surface area contributed by atoms with Crippen molar-refractivity contribution in [1.29, 1.82) is 0 Å². The Hall–Kier alpha value is -2.15. The summed E-state index contributed by atoms with van der Waals surface area (Å²) in [6, 6.07) is 10.0. The van der Waals surface area contributed by atoms with Crippen LogP contribution in [0.1, 0.15) is 50.0 Å². The van der Waals surface area contributed by atoms with Crippen molar-refractivity contribution in [2.45, 2.75) is 50.5 Å². The predicted octanol–water partition coefficient (Wildman–Crippen LogP) is 4.71. The quantitative estimate of drug-likeness (QED) is 0.363. The van der Waals surface area contributed by atoms with Crippen molar-refractivity contribution in [2.24, 2.45) is 11.8 Å². The van der Waals surface area contributed by atoms with Gasteiger partial charge in [-0.05, 0) is 50.0 Å². The molecule has 33 heavy (non-hydrogen) atoms. The molecule has 1 N–H and O–H groups in total. The molecule has 3 aliphatic rings. The van der Waals surface area contributed by atoms with Crippen LogP contribution in [0, 0.1) is 11.8 Å². The molecule has 1 aliphatic heterocycles. The van der Waals surface area contributed by atoms with Crippen LogP contribution in [-0.4, -0.2) is 57.3 Å². The first kappa shape index (κ1) is 24.0. The maximum atomic E-state index is 13.2. The van der Waals surface area contributed by atoms with Crippen molar-refractivity contribution < 1.29 is 28.8 Å². The zero-order valence-electron chi connectivity index (χ0n) is 19.5. The van der Waals surface area contributed by atoms with E-state index >= 15 is 0 Å². The maximum absolute atomic E-state index is 13.2. The molecule has 4 rings (SSSR count). The Morgan fingerprint density at radius 1 is 1.03 bits per heavy atom. The highest BCUT2D eigenvalue weighted by Crippen LogP contribution is 2.50. The lowest BCUT2D eigenvalue weighted by Gasteiger charge is -2.34. The van der Waals surface area contributed by atoms with Gasteiger partial charge in [-0.3, -0.25) is 0 Å². The van der Waals surface area contributed by atoms with Crippen LogP contribution in [0.25, 0.3) is 0 Å². The van der Waals surface area contributed by atoms with Crippen LogP contribution in [0.4, 0.5) is 0 Å². The Balaban J connectivity index is 1.43. The summed E-state index contributed by atoms with van der Waals surface area (Å²) in [7, 11) is 1.65. The lowest BCUT2D eigenvalue weighted by Crippen LogP contribution is -2.36. The van der Waals surface area contributed by atoms with Crippen molar-refractivity contribution in [1.82, 2.24) is 0 Å². The molecule has 6 heteroatoms. The van der Waals surface area contributed by atoms with Gasteiger partial charge in [-0.2, -0.15) is 0 Å². The van der Waals surface area contributed by atoms with Gasteiger partial charge < -0.3 is 24.1 Å². The van der Waals surface area contributed by atoms with E-state index in [1.165, 1.54) is 0 Å². The number of rotatable bonds is 12. The van der Waals surface area contributed by atoms with Gasteiger partial charge in [0.25, 0.3) is 0 Å². The minimum absolute atomic E-state index is 0.108. The number of allylic oxidation sites excluding steroid dienone is 1. The number of ether oxygens (including phenoxy) is 4. The molecule has 0 aromatic heterocycles. The molecule has 3 unspecified atom stereocenters. The third-order valence-electron chi connectivity index (χ3n) is 6.86. The second kappa shape index (κ2) is 11.8. The first-order valence-corrected chi connectivity index (χ1v) is 12.2. The van der Waals surface area contributed by atoms with E-state index in [-0.39, 0.29) is 23.6 Å². The van der Waals surface area contributed by atoms with Crippen molar-refractivity contribution in [3.8, 4) is 0 Å². The van der Waals surface area contributed by atoms with E-state index in [0.29, 0.717) is 44.5 Å². The summed E-state index contributed by atoms with van der Waals surface area (Å²) in [5.41, 5.74) is 2.30. The molecule has 1 saturated carbocycles. The smallest absolute Gasteiger partial charge is 0.339 e. The monoisotopic (exact) mass is 456 g/mol. The van der Waals surface area contributed by atoms with Crippen molar-refractivity contribution >= 4 is 5.97 Å². The molecule has 1 aromatic carbocycles. The number of esters is 1. The molecule has 0 bridgehead atoms. The third kappa shape index (κ3) is 6.05. The summed E-state index contributed by atoms with van der Waals surface area (Å²) in [4.78, 5) is 13.2. The standard InChI is InChI=1S/C27H36O6/c1-30-15-16-32-18-17-31-14-13-21-9-5-6-10-22-25(28)24(27(29)33-26(21)22)23(20-11-12-20)19-7-3-2-4-8-19/h2-4,7-8,10,20-21,23,26,28H,5-6,9,11-18H2,1H3. The van der Waals surface area contributed by atoms with E-state index in [1.807, 2.05) is 30.3 Å². The van der Waals surface area contributed by atoms with Crippen molar-refractivity contribution in [2.75, 3.05) is 40.1 Å². The maximum Gasteiger partial charge on any atom is 0.339 e. The zero-order chi connectivity index (χ0) is 23.0. The Morgan fingerprint density at radius 2 is 1.76 bits per heavy atom. The van der Waals surface area contributed by atoms with Gasteiger partial charge in [0.1, 0.15) is 11.9 Å². The number of hydrogen-bond donors (Lipinski definition) is 1. The van der Waals surface area contributed by atoms with E-state index in [4.69, 9.17) is 18.9 Å². The van der Waals surface area contributed by atoms with Gasteiger partial charge in [0.05, 0.1) is 32.0 Å². The highest BCUT2D eigenvalue weighted by atomic mass is 16.6. The highest BCUT2D eigenvalue weighted by molar-refractivity contribution is 5.93. The Morgan fingerprint density at radius 3 is 2.48 bits per heavy atom. The molecular weight excluding hydrogens is 420 g/mol. The number of methoxy groups -OCH3 is 1. The van der Waals surface area contributed by atoms with Crippen molar-refractivity contribution in [3.05, 3.63) is 58.9 Å². The number of carbonyl (C=O) groups is 1. The Bertz CT molecular complexity index is 841. The van der Waals surface area contributed by atoms with Gasteiger partial charge in [-0.15, -0.1) is 0 Å². The van der Waals surface area contributed by atoms with Crippen LogP contribution < -0.4 is 0 Å². The molecule has 0 radical (unpaired) electrons. The zero-order valence-corrected chi connectivity index (χ0v) is 19.5. The molecule has 1 fully saturated rings. The number of benzene rings is 1. The summed E-state index contributed by atoms with van der Waals surface area (Å²) >= 11 is 0. The fourth-order valence-electron chi connectivity index (χ4n) is 5.01. The van der Waals surface area contributed by atoms with Gasteiger partial charge in [0.2, 0.25) is 0 Å². The van der Waals surface area contributed by atoms with Crippen molar-refractivity contribution in [3.63, 3.8) is 0 Å². The van der Waals surface area contributed by atoms with Crippen LogP contribution in [0.2, 0.25) is 0 Å².